The van der Waals surface area contributed by atoms with Gasteiger partial charge in [0.1, 0.15) is 22.7 Å². The van der Waals surface area contributed by atoms with Gasteiger partial charge in [-0.05, 0) is 36.5 Å². The molecule has 2 rings (SSSR count). The van der Waals surface area contributed by atoms with Crippen LogP contribution in [0.4, 0.5) is 11.5 Å². The highest BCUT2D eigenvalue weighted by molar-refractivity contribution is 7.98. The van der Waals surface area contributed by atoms with E-state index in [0.717, 1.165) is 17.5 Å². The van der Waals surface area contributed by atoms with E-state index in [4.69, 9.17) is 12.3 Å². The van der Waals surface area contributed by atoms with Crippen LogP contribution in [0, 0.1) is 17.9 Å². The fraction of sp³-hybridized carbons (Fsp3) is 0.300. The van der Waals surface area contributed by atoms with Crippen LogP contribution in [0.5, 0.6) is 0 Å². The Kier molecular flexibility index (Phi) is 6.77. The van der Waals surface area contributed by atoms with Crippen LogP contribution in [0.1, 0.15) is 42.5 Å². The summed E-state index contributed by atoms with van der Waals surface area (Å²) in [6.07, 6.45) is 1.86. The molecule has 5 nitrogen and oxygen atoms in total. The third-order valence-electron chi connectivity index (χ3n) is 4.01. The maximum Gasteiger partial charge on any atom is 0.232 e. The van der Waals surface area contributed by atoms with Gasteiger partial charge in [-0.1, -0.05) is 31.2 Å². The number of nitrogens with zero attached hydrogens (tertiary/aromatic N) is 3. The van der Waals surface area contributed by atoms with Gasteiger partial charge in [-0.15, -0.1) is 11.8 Å². The lowest BCUT2D eigenvalue weighted by atomic mass is 10.1. The molecule has 132 valence electrons. The van der Waals surface area contributed by atoms with Crippen LogP contribution in [0.3, 0.4) is 0 Å². The van der Waals surface area contributed by atoms with Crippen LogP contribution in [0.25, 0.3) is 4.85 Å². The first kappa shape index (κ1) is 19.5. The topological polar surface area (TPSA) is 84.1 Å². The monoisotopic (exact) mass is 364 g/mol. The van der Waals surface area contributed by atoms with Gasteiger partial charge < -0.3 is 10.5 Å². The molecule has 6 heteroatoms. The molecule has 0 saturated carbocycles. The number of anilines is 1. The summed E-state index contributed by atoms with van der Waals surface area (Å²) < 4.78 is 0. The fourth-order valence-corrected chi connectivity index (χ4v) is 3.56. The number of ketones is 1. The number of hydrogen-bond acceptors (Lipinski definition) is 5. The van der Waals surface area contributed by atoms with E-state index < -0.39 is 0 Å². The molecule has 0 atom stereocenters. The van der Waals surface area contributed by atoms with Crippen LogP contribution in [-0.4, -0.2) is 10.8 Å². The summed E-state index contributed by atoms with van der Waals surface area (Å²) in [4.78, 5) is 18.8. The highest BCUT2D eigenvalue weighted by Crippen LogP contribution is 2.35. The Bertz CT molecular complexity index is 892. The predicted octanol–water partition coefficient (Wildman–Crippen LogP) is 4.46. The van der Waals surface area contributed by atoms with Crippen LogP contribution in [0.2, 0.25) is 0 Å². The minimum absolute atomic E-state index is 0.179. The summed E-state index contributed by atoms with van der Waals surface area (Å²) >= 11 is 1.44. The van der Waals surface area contributed by atoms with Crippen molar-refractivity contribution in [2.75, 3.05) is 5.73 Å². The normalized spacial score (nSPS) is 10.2. The van der Waals surface area contributed by atoms with Crippen molar-refractivity contribution >= 4 is 29.1 Å². The molecule has 0 spiro atoms. The number of benzene rings is 1. The van der Waals surface area contributed by atoms with Gasteiger partial charge in [0.15, 0.2) is 0 Å². The minimum atomic E-state index is 0.179. The Balaban J connectivity index is 2.17. The maximum atomic E-state index is 11.1. The second kappa shape index (κ2) is 9.03. The van der Waals surface area contributed by atoms with Crippen LogP contribution in [0.15, 0.2) is 29.3 Å². The van der Waals surface area contributed by atoms with Gasteiger partial charge in [0, 0.05) is 12.2 Å². The Morgan fingerprint density at radius 3 is 2.54 bits per heavy atom. The molecule has 0 aliphatic carbocycles. The zero-order valence-corrected chi connectivity index (χ0v) is 15.7. The molecule has 1 heterocycles. The van der Waals surface area contributed by atoms with Crippen molar-refractivity contribution in [1.82, 2.24) is 4.98 Å². The molecule has 0 saturated heterocycles. The molecule has 0 aliphatic rings. The van der Waals surface area contributed by atoms with Gasteiger partial charge in [0.05, 0.1) is 12.1 Å². The number of carbonyl (C=O) groups is 1. The average molecular weight is 364 g/mol. The second-order valence-electron chi connectivity index (χ2n) is 5.89. The third-order valence-corrected chi connectivity index (χ3v) is 5.05. The van der Waals surface area contributed by atoms with Crippen LogP contribution < -0.4 is 5.73 Å². The summed E-state index contributed by atoms with van der Waals surface area (Å²) in [5.74, 6) is 1.01. The Morgan fingerprint density at radius 2 is 2.00 bits per heavy atom. The van der Waals surface area contributed by atoms with Crippen LogP contribution >= 0.6 is 11.8 Å². The molecule has 0 bridgehead atoms. The lowest BCUT2D eigenvalue weighted by Gasteiger charge is -2.11. The van der Waals surface area contributed by atoms with Gasteiger partial charge in [-0.3, -0.25) is 0 Å². The average Bonchev–Trinajstić information content (AvgIpc) is 2.64. The Hall–Kier alpha value is -2.83. The number of carbonyl (C=O) groups excluding carboxylic acids is 1. The molecule has 0 aliphatic heterocycles. The van der Waals surface area contributed by atoms with Crippen molar-refractivity contribution in [1.29, 1.82) is 5.26 Å². The predicted molar refractivity (Wildman–Crippen MR) is 104 cm³/mol. The van der Waals surface area contributed by atoms with Crippen molar-refractivity contribution < 1.29 is 4.79 Å². The number of pyridine rings is 1. The lowest BCUT2D eigenvalue weighted by Crippen LogP contribution is -2.01. The molecule has 1 aromatic heterocycles. The summed E-state index contributed by atoms with van der Waals surface area (Å²) in [5.41, 5.74) is 9.51. The second-order valence-corrected chi connectivity index (χ2v) is 6.85. The maximum absolute atomic E-state index is 11.1. The number of aromatic nitrogens is 1. The van der Waals surface area contributed by atoms with E-state index in [1.807, 2.05) is 31.2 Å². The largest absolute Gasteiger partial charge is 0.392 e. The standard InChI is InChI=1S/C20H20N4OS/c1-4-16-17(11-21)20(24-19(22)18(16)23-3)26-12-15-9-7-14(8-10-15)6-5-13(2)25/h7-10H,4-6,12H2,1-2H3,(H2,22,24). The van der Waals surface area contributed by atoms with E-state index in [-0.39, 0.29) is 17.3 Å². The molecule has 2 N–H and O–H groups in total. The molecule has 0 fully saturated rings. The van der Waals surface area contributed by atoms with E-state index in [1.165, 1.54) is 11.8 Å². The molecular formula is C20H20N4OS. The van der Waals surface area contributed by atoms with Gasteiger partial charge in [-0.25, -0.2) is 9.83 Å². The van der Waals surface area contributed by atoms with Crippen molar-refractivity contribution in [3.8, 4) is 6.07 Å². The summed E-state index contributed by atoms with van der Waals surface area (Å²) in [7, 11) is 0. The van der Waals surface area contributed by atoms with Gasteiger partial charge in [-0.2, -0.15) is 5.26 Å². The number of nitrogen functional groups attached to an aromatic ring is 1. The number of nitriles is 1. The number of aryl methyl sites for hydroxylation is 1. The number of rotatable bonds is 7. The molecule has 1 aromatic carbocycles. The van der Waals surface area contributed by atoms with Gasteiger partial charge in [0.25, 0.3) is 0 Å². The first-order valence-electron chi connectivity index (χ1n) is 8.30. The molecular weight excluding hydrogens is 344 g/mol. The Morgan fingerprint density at radius 1 is 1.35 bits per heavy atom. The van der Waals surface area contributed by atoms with Gasteiger partial charge in [0.2, 0.25) is 5.69 Å². The van der Waals surface area contributed by atoms with E-state index >= 15 is 0 Å². The molecule has 0 unspecified atom stereocenters. The Labute approximate surface area is 158 Å². The number of Topliss-reactive ketones (excluding diaryl/α,β-unsaturated/α-hetero) is 1. The summed E-state index contributed by atoms with van der Waals surface area (Å²) in [5, 5.41) is 10.1. The fourth-order valence-electron chi connectivity index (χ4n) is 2.58. The van der Waals surface area contributed by atoms with Crippen molar-refractivity contribution in [3.63, 3.8) is 0 Å². The lowest BCUT2D eigenvalue weighted by molar-refractivity contribution is -0.116. The quantitative estimate of drug-likeness (QED) is 0.579. The minimum Gasteiger partial charge on any atom is -0.392 e. The first-order valence-corrected chi connectivity index (χ1v) is 9.28. The van der Waals surface area contributed by atoms with Crippen molar-refractivity contribution in [3.05, 3.63) is 57.9 Å². The smallest absolute Gasteiger partial charge is 0.232 e. The van der Waals surface area contributed by atoms with E-state index in [0.29, 0.717) is 34.7 Å². The SMILES string of the molecule is [C-]#[N+]c1c(N)nc(SCc2ccc(CCC(C)=O)cc2)c(C#N)c1CC. The molecule has 2 aromatic rings. The highest BCUT2D eigenvalue weighted by atomic mass is 32.2. The van der Waals surface area contributed by atoms with E-state index in [1.54, 1.807) is 6.92 Å². The van der Waals surface area contributed by atoms with Crippen LogP contribution in [-0.2, 0) is 23.4 Å². The summed E-state index contributed by atoms with van der Waals surface area (Å²) in [6.45, 7) is 10.8. The van der Waals surface area contributed by atoms with Gasteiger partial charge >= 0.3 is 0 Å². The van der Waals surface area contributed by atoms with E-state index in [9.17, 15) is 10.1 Å². The molecule has 26 heavy (non-hydrogen) atoms. The number of thioether (sulfide) groups is 1. The van der Waals surface area contributed by atoms with Crippen molar-refractivity contribution in [2.45, 2.75) is 43.9 Å². The molecule has 0 amide bonds. The van der Waals surface area contributed by atoms with E-state index in [2.05, 4.69) is 15.9 Å². The zero-order valence-electron chi connectivity index (χ0n) is 14.9. The third kappa shape index (κ3) is 4.62. The molecule has 0 radical (unpaired) electrons. The number of hydrogen-bond donors (Lipinski definition) is 1. The first-order chi connectivity index (χ1) is 12.5. The summed E-state index contributed by atoms with van der Waals surface area (Å²) in [6, 6.07) is 10.3. The number of nitrogens with two attached hydrogens (primary N) is 1. The van der Waals surface area contributed by atoms with Crippen molar-refractivity contribution in [2.24, 2.45) is 0 Å². The highest BCUT2D eigenvalue weighted by Gasteiger charge is 2.17. The zero-order chi connectivity index (χ0) is 19.1.